The van der Waals surface area contributed by atoms with Crippen molar-refractivity contribution in [2.24, 2.45) is 0 Å². The lowest BCUT2D eigenvalue weighted by Gasteiger charge is -2.27. The van der Waals surface area contributed by atoms with Gasteiger partial charge in [0.05, 0.1) is 26.4 Å². The lowest BCUT2D eigenvalue weighted by atomic mass is 10.2. The van der Waals surface area contributed by atoms with Crippen LogP contribution in [0.2, 0.25) is 0 Å². The molecular weight excluding hydrogens is 332 g/mol. The predicted molar refractivity (Wildman–Crippen MR) is 97.8 cm³/mol. The Hall–Kier alpha value is -1.08. The van der Waals surface area contributed by atoms with E-state index in [1.807, 2.05) is 39.0 Å². The third-order valence-electron chi connectivity index (χ3n) is 2.93. The van der Waals surface area contributed by atoms with Crippen LogP contribution in [0.25, 0.3) is 0 Å². The maximum Gasteiger partial charge on any atom is 0.410 e. The van der Waals surface area contributed by atoms with E-state index in [0.29, 0.717) is 26.3 Å². The Labute approximate surface area is 151 Å². The van der Waals surface area contributed by atoms with E-state index >= 15 is 0 Å². The second-order valence-corrected chi connectivity index (χ2v) is 6.22. The van der Waals surface area contributed by atoms with Crippen LogP contribution in [-0.2, 0) is 14.2 Å². The van der Waals surface area contributed by atoms with Crippen LogP contribution >= 0.6 is 12.4 Å². The molecule has 2 aliphatic heterocycles. The molecule has 0 radical (unpaired) electrons. The van der Waals surface area contributed by atoms with E-state index in [9.17, 15) is 4.79 Å². The molecule has 7 heteroatoms. The highest BCUT2D eigenvalue weighted by Crippen LogP contribution is 2.10. The molecule has 0 aromatic carbocycles. The summed E-state index contributed by atoms with van der Waals surface area (Å²) in [6, 6.07) is 0. The van der Waals surface area contributed by atoms with Gasteiger partial charge in [-0.05, 0) is 20.8 Å². The van der Waals surface area contributed by atoms with Crippen molar-refractivity contribution >= 4 is 18.5 Å². The van der Waals surface area contributed by atoms with Crippen LogP contribution in [0.3, 0.4) is 0 Å². The number of carbonyl (C=O) groups excluding carboxylic acids is 1. The molecule has 1 amide bonds. The Morgan fingerprint density at radius 1 is 1.08 bits per heavy atom. The summed E-state index contributed by atoms with van der Waals surface area (Å²) in [4.78, 5) is 13.3. The molecule has 0 saturated carbocycles. The second-order valence-electron chi connectivity index (χ2n) is 6.22. The van der Waals surface area contributed by atoms with Crippen LogP contribution in [-0.4, -0.2) is 69.2 Å². The van der Waals surface area contributed by atoms with Crippen LogP contribution in [0.15, 0.2) is 24.3 Å². The average molecular weight is 363 g/mol. The molecule has 1 N–H and O–H groups in total. The molecule has 2 rings (SSSR count). The zero-order valence-corrected chi connectivity index (χ0v) is 15.8. The maximum atomic E-state index is 11.7. The number of hydrogen-bond donors (Lipinski definition) is 1. The van der Waals surface area contributed by atoms with Gasteiger partial charge in [0.25, 0.3) is 0 Å². The number of amides is 1. The van der Waals surface area contributed by atoms with Crippen LogP contribution in [0.4, 0.5) is 4.79 Å². The summed E-state index contributed by atoms with van der Waals surface area (Å²) >= 11 is 0. The van der Waals surface area contributed by atoms with Gasteiger partial charge in [0.2, 0.25) is 0 Å². The van der Waals surface area contributed by atoms with E-state index in [0.717, 1.165) is 26.3 Å². The highest BCUT2D eigenvalue weighted by Gasteiger charge is 2.21. The third kappa shape index (κ3) is 12.4. The molecule has 0 unspecified atom stereocenters. The molecule has 24 heavy (non-hydrogen) atoms. The van der Waals surface area contributed by atoms with Crippen molar-refractivity contribution in [1.29, 1.82) is 0 Å². The molecule has 2 heterocycles. The molecule has 0 bridgehead atoms. The Morgan fingerprint density at radius 3 is 2.46 bits per heavy atom. The molecule has 0 aromatic heterocycles. The summed E-state index contributed by atoms with van der Waals surface area (Å²) in [5, 5.41) is 3.18. The van der Waals surface area contributed by atoms with Gasteiger partial charge in [-0.25, -0.2) is 4.79 Å². The van der Waals surface area contributed by atoms with Gasteiger partial charge in [-0.2, -0.15) is 0 Å². The second kappa shape index (κ2) is 13.2. The Kier molecular flexibility index (Phi) is 12.6. The van der Waals surface area contributed by atoms with Crippen LogP contribution in [0.1, 0.15) is 20.8 Å². The molecule has 2 aliphatic rings. The summed E-state index contributed by atoms with van der Waals surface area (Å²) in [5.41, 5.74) is -0.440. The molecule has 0 aliphatic carbocycles. The fourth-order valence-electron chi connectivity index (χ4n) is 1.81. The van der Waals surface area contributed by atoms with E-state index in [-0.39, 0.29) is 18.5 Å². The Balaban J connectivity index is 0.000000498. The number of hydrogen-bond acceptors (Lipinski definition) is 5. The largest absolute Gasteiger partial charge is 0.444 e. The number of carbonyl (C=O) groups is 1. The number of nitrogens with one attached hydrogen (secondary N) is 1. The fourth-order valence-corrected chi connectivity index (χ4v) is 1.81. The monoisotopic (exact) mass is 362 g/mol. The van der Waals surface area contributed by atoms with Crippen molar-refractivity contribution in [3.8, 4) is 0 Å². The minimum atomic E-state index is -0.440. The van der Waals surface area contributed by atoms with Crippen LogP contribution in [0, 0.1) is 0 Å². The van der Waals surface area contributed by atoms with Crippen molar-refractivity contribution < 1.29 is 19.0 Å². The van der Waals surface area contributed by atoms with Gasteiger partial charge in [0.15, 0.2) is 0 Å². The van der Waals surface area contributed by atoms with E-state index in [2.05, 4.69) is 11.4 Å². The first-order valence-corrected chi connectivity index (χ1v) is 8.13. The van der Waals surface area contributed by atoms with E-state index in [1.165, 1.54) is 0 Å². The SMILES string of the molecule is C1=CCOCCNC1.CC(C)(C)OC(=O)N1C/C=C\COCC1.Cl. The standard InChI is InChI=1S/C11H19NO3.C6H11NO.ClH/c1-11(2,3)15-10(13)12-6-4-5-8-14-9-7-12;1-2-5-8-6-4-7-3-1;/h4-5H,6-9H2,1-3H3;1-2,7H,3-6H2;1H/b5-4-;;. The normalized spacial score (nSPS) is 20.0. The summed E-state index contributed by atoms with van der Waals surface area (Å²) in [6.45, 7) is 11.5. The van der Waals surface area contributed by atoms with Gasteiger partial charge < -0.3 is 24.4 Å². The molecule has 0 spiro atoms. The first kappa shape index (κ1) is 22.9. The van der Waals surface area contributed by atoms with Gasteiger partial charge in [-0.1, -0.05) is 24.3 Å². The molecule has 6 nitrogen and oxygen atoms in total. The van der Waals surface area contributed by atoms with Gasteiger partial charge in [0.1, 0.15) is 5.60 Å². The zero-order valence-electron chi connectivity index (χ0n) is 15.0. The minimum absolute atomic E-state index is 0. The average Bonchev–Trinajstić information content (AvgIpc) is 2.35. The Morgan fingerprint density at radius 2 is 1.75 bits per heavy atom. The molecule has 140 valence electrons. The fraction of sp³-hybridized carbons (Fsp3) is 0.706. The molecule has 0 atom stereocenters. The zero-order chi connectivity index (χ0) is 17.0. The van der Waals surface area contributed by atoms with Crippen molar-refractivity contribution in [3.63, 3.8) is 0 Å². The van der Waals surface area contributed by atoms with Crippen molar-refractivity contribution in [3.05, 3.63) is 24.3 Å². The predicted octanol–water partition coefficient (Wildman–Crippen LogP) is 2.39. The summed E-state index contributed by atoms with van der Waals surface area (Å²) in [7, 11) is 0. The number of rotatable bonds is 0. The van der Waals surface area contributed by atoms with Gasteiger partial charge in [-0.15, -0.1) is 12.4 Å². The maximum absolute atomic E-state index is 11.7. The quantitative estimate of drug-likeness (QED) is 0.670. The number of nitrogens with zero attached hydrogens (tertiary/aromatic N) is 1. The topological polar surface area (TPSA) is 60.0 Å². The molecular formula is C17H31ClN2O4. The summed E-state index contributed by atoms with van der Waals surface area (Å²) in [5.74, 6) is 0. The first-order chi connectivity index (χ1) is 11.0. The number of halogens is 1. The minimum Gasteiger partial charge on any atom is -0.444 e. The molecule has 0 aromatic rings. The van der Waals surface area contributed by atoms with Crippen LogP contribution < -0.4 is 5.32 Å². The lowest BCUT2D eigenvalue weighted by Crippen LogP contribution is -2.39. The molecule has 0 saturated heterocycles. The van der Waals surface area contributed by atoms with Gasteiger partial charge >= 0.3 is 6.09 Å². The summed E-state index contributed by atoms with van der Waals surface area (Å²) in [6.07, 6.45) is 7.67. The highest BCUT2D eigenvalue weighted by molar-refractivity contribution is 5.85. The summed E-state index contributed by atoms with van der Waals surface area (Å²) < 4.78 is 15.6. The first-order valence-electron chi connectivity index (χ1n) is 8.13. The third-order valence-corrected chi connectivity index (χ3v) is 2.93. The van der Waals surface area contributed by atoms with E-state index in [1.54, 1.807) is 4.90 Å². The highest BCUT2D eigenvalue weighted by atomic mass is 35.5. The number of ether oxygens (including phenoxy) is 3. The van der Waals surface area contributed by atoms with Crippen LogP contribution in [0.5, 0.6) is 0 Å². The van der Waals surface area contributed by atoms with Crippen molar-refractivity contribution in [1.82, 2.24) is 10.2 Å². The smallest absolute Gasteiger partial charge is 0.410 e. The van der Waals surface area contributed by atoms with Gasteiger partial charge in [-0.3, -0.25) is 0 Å². The van der Waals surface area contributed by atoms with Gasteiger partial charge in [0, 0.05) is 26.2 Å². The Bertz CT molecular complexity index is 385. The van der Waals surface area contributed by atoms with E-state index < -0.39 is 5.60 Å². The lowest BCUT2D eigenvalue weighted by molar-refractivity contribution is 0.0203. The van der Waals surface area contributed by atoms with Crippen molar-refractivity contribution in [2.45, 2.75) is 26.4 Å². The molecule has 0 fully saturated rings. The van der Waals surface area contributed by atoms with Crippen molar-refractivity contribution in [2.75, 3.05) is 52.6 Å². The van der Waals surface area contributed by atoms with E-state index in [4.69, 9.17) is 14.2 Å².